The highest BCUT2D eigenvalue weighted by atomic mass is 15.3. The molecule has 2 atom stereocenters. The summed E-state index contributed by atoms with van der Waals surface area (Å²) in [6.45, 7) is 7.71. The summed E-state index contributed by atoms with van der Waals surface area (Å²) in [5, 5.41) is 8.78. The van der Waals surface area contributed by atoms with Crippen molar-refractivity contribution in [2.24, 2.45) is 5.73 Å². The number of rotatable bonds is 2. The SMILES string of the molecule is CC(C)N1CCC(c2nnc3n2CC(N)CC3)C1. The fourth-order valence-electron chi connectivity index (χ4n) is 3.14. The minimum Gasteiger partial charge on any atom is -0.326 e. The second kappa shape index (κ2) is 4.63. The van der Waals surface area contributed by atoms with Gasteiger partial charge in [-0.25, -0.2) is 0 Å². The summed E-state index contributed by atoms with van der Waals surface area (Å²) in [5.41, 5.74) is 6.07. The van der Waals surface area contributed by atoms with Crippen LogP contribution in [0.15, 0.2) is 0 Å². The van der Waals surface area contributed by atoms with E-state index in [0.29, 0.717) is 12.0 Å². The van der Waals surface area contributed by atoms with Gasteiger partial charge in [-0.3, -0.25) is 0 Å². The quantitative estimate of drug-likeness (QED) is 0.840. The fourth-order valence-corrected chi connectivity index (χ4v) is 3.14. The number of likely N-dealkylation sites (tertiary alicyclic amines) is 1. The molecule has 0 saturated carbocycles. The zero-order valence-electron chi connectivity index (χ0n) is 11.3. The van der Waals surface area contributed by atoms with Gasteiger partial charge < -0.3 is 15.2 Å². The Morgan fingerprint density at radius 3 is 2.78 bits per heavy atom. The van der Waals surface area contributed by atoms with E-state index in [1.54, 1.807) is 0 Å². The zero-order chi connectivity index (χ0) is 12.7. The first-order valence-electron chi connectivity index (χ1n) is 7.06. The predicted octanol–water partition coefficient (Wildman–Crippen LogP) is 0.749. The van der Waals surface area contributed by atoms with Gasteiger partial charge in [-0.2, -0.15) is 0 Å². The molecule has 5 heteroatoms. The summed E-state index contributed by atoms with van der Waals surface area (Å²) in [4.78, 5) is 2.52. The molecule has 1 aromatic rings. The maximum absolute atomic E-state index is 6.07. The Balaban J connectivity index is 1.80. The lowest BCUT2D eigenvalue weighted by Gasteiger charge is -2.23. The Hall–Kier alpha value is -0.940. The third kappa shape index (κ3) is 2.06. The van der Waals surface area contributed by atoms with E-state index in [9.17, 15) is 0 Å². The first kappa shape index (κ1) is 12.1. The number of hydrogen-bond donors (Lipinski definition) is 1. The molecule has 1 aromatic heterocycles. The van der Waals surface area contributed by atoms with Gasteiger partial charge in [0.05, 0.1) is 0 Å². The molecule has 1 saturated heterocycles. The van der Waals surface area contributed by atoms with E-state index in [0.717, 1.165) is 31.8 Å². The lowest BCUT2D eigenvalue weighted by atomic mass is 10.1. The van der Waals surface area contributed by atoms with E-state index >= 15 is 0 Å². The lowest BCUT2D eigenvalue weighted by Crippen LogP contribution is -2.33. The average molecular weight is 249 g/mol. The molecule has 3 rings (SSSR count). The van der Waals surface area contributed by atoms with Gasteiger partial charge in [0.25, 0.3) is 0 Å². The van der Waals surface area contributed by atoms with Gasteiger partial charge in [0, 0.05) is 37.5 Å². The zero-order valence-corrected chi connectivity index (χ0v) is 11.3. The molecule has 100 valence electrons. The highest BCUT2D eigenvalue weighted by Crippen LogP contribution is 2.29. The number of aryl methyl sites for hydroxylation is 1. The van der Waals surface area contributed by atoms with Gasteiger partial charge in [-0.1, -0.05) is 0 Å². The Labute approximate surface area is 108 Å². The largest absolute Gasteiger partial charge is 0.326 e. The Bertz CT molecular complexity index is 425. The lowest BCUT2D eigenvalue weighted by molar-refractivity contribution is 0.271. The maximum Gasteiger partial charge on any atom is 0.137 e. The van der Waals surface area contributed by atoms with Crippen LogP contribution in [-0.2, 0) is 13.0 Å². The number of nitrogens with two attached hydrogens (primary N) is 1. The van der Waals surface area contributed by atoms with Gasteiger partial charge in [0.2, 0.25) is 0 Å². The summed E-state index contributed by atoms with van der Waals surface area (Å²) in [5.74, 6) is 2.84. The summed E-state index contributed by atoms with van der Waals surface area (Å²) in [7, 11) is 0. The Morgan fingerprint density at radius 1 is 1.22 bits per heavy atom. The van der Waals surface area contributed by atoms with Crippen LogP contribution in [0.2, 0.25) is 0 Å². The van der Waals surface area contributed by atoms with Crippen molar-refractivity contribution < 1.29 is 0 Å². The van der Waals surface area contributed by atoms with Gasteiger partial charge in [0.1, 0.15) is 11.6 Å². The molecule has 0 spiro atoms. The van der Waals surface area contributed by atoms with Crippen LogP contribution in [0.4, 0.5) is 0 Å². The van der Waals surface area contributed by atoms with Crippen LogP contribution in [-0.4, -0.2) is 44.8 Å². The number of nitrogens with zero attached hydrogens (tertiary/aromatic N) is 4. The molecule has 18 heavy (non-hydrogen) atoms. The number of aromatic nitrogens is 3. The summed E-state index contributed by atoms with van der Waals surface area (Å²) in [6, 6.07) is 0.899. The average Bonchev–Trinajstić information content (AvgIpc) is 2.93. The van der Waals surface area contributed by atoms with Crippen molar-refractivity contribution in [3.8, 4) is 0 Å². The first-order valence-corrected chi connectivity index (χ1v) is 7.06. The highest BCUT2D eigenvalue weighted by Gasteiger charge is 2.31. The molecule has 2 N–H and O–H groups in total. The molecule has 2 aliphatic heterocycles. The van der Waals surface area contributed by atoms with E-state index in [1.807, 2.05) is 0 Å². The van der Waals surface area contributed by atoms with Crippen LogP contribution >= 0.6 is 0 Å². The van der Waals surface area contributed by atoms with Crippen LogP contribution in [0.25, 0.3) is 0 Å². The van der Waals surface area contributed by atoms with Crippen LogP contribution in [0.1, 0.15) is 44.3 Å². The topological polar surface area (TPSA) is 60.0 Å². The van der Waals surface area contributed by atoms with E-state index < -0.39 is 0 Å². The van der Waals surface area contributed by atoms with E-state index in [4.69, 9.17) is 5.73 Å². The highest BCUT2D eigenvalue weighted by molar-refractivity contribution is 5.08. The van der Waals surface area contributed by atoms with Crippen LogP contribution in [0.3, 0.4) is 0 Å². The van der Waals surface area contributed by atoms with Crippen LogP contribution < -0.4 is 5.73 Å². The molecular weight excluding hydrogens is 226 g/mol. The molecule has 0 aliphatic carbocycles. The smallest absolute Gasteiger partial charge is 0.137 e. The Morgan fingerprint density at radius 2 is 2.06 bits per heavy atom. The normalized spacial score (nSPS) is 28.9. The fraction of sp³-hybridized carbons (Fsp3) is 0.846. The van der Waals surface area contributed by atoms with Gasteiger partial charge in [-0.05, 0) is 33.2 Å². The van der Waals surface area contributed by atoms with E-state index in [2.05, 4.69) is 33.5 Å². The van der Waals surface area contributed by atoms with Crippen molar-refractivity contribution in [2.75, 3.05) is 13.1 Å². The van der Waals surface area contributed by atoms with Gasteiger partial charge in [0.15, 0.2) is 0 Å². The van der Waals surface area contributed by atoms with Gasteiger partial charge in [-0.15, -0.1) is 10.2 Å². The molecule has 0 radical (unpaired) electrons. The monoisotopic (exact) mass is 249 g/mol. The van der Waals surface area contributed by atoms with Crippen molar-refractivity contribution in [1.29, 1.82) is 0 Å². The predicted molar refractivity (Wildman–Crippen MR) is 70.4 cm³/mol. The number of fused-ring (bicyclic) bond motifs is 1. The first-order chi connectivity index (χ1) is 8.65. The van der Waals surface area contributed by atoms with Crippen molar-refractivity contribution in [3.05, 3.63) is 11.6 Å². The molecule has 2 aliphatic rings. The maximum atomic E-state index is 6.07. The molecule has 1 fully saturated rings. The standard InChI is InChI=1S/C13H23N5/c1-9(2)17-6-5-10(7-17)13-16-15-12-4-3-11(14)8-18(12)13/h9-11H,3-8,14H2,1-2H3. The summed E-state index contributed by atoms with van der Waals surface area (Å²) >= 11 is 0. The summed E-state index contributed by atoms with van der Waals surface area (Å²) < 4.78 is 2.28. The van der Waals surface area contributed by atoms with E-state index in [1.165, 1.54) is 18.8 Å². The van der Waals surface area contributed by atoms with Gasteiger partial charge >= 0.3 is 0 Å². The second-order valence-corrected chi connectivity index (χ2v) is 5.96. The van der Waals surface area contributed by atoms with Crippen LogP contribution in [0, 0.1) is 0 Å². The molecule has 0 aromatic carbocycles. The van der Waals surface area contributed by atoms with Crippen molar-refractivity contribution in [1.82, 2.24) is 19.7 Å². The molecular formula is C13H23N5. The van der Waals surface area contributed by atoms with Crippen molar-refractivity contribution in [2.45, 2.75) is 57.7 Å². The minimum absolute atomic E-state index is 0.273. The molecule has 0 bridgehead atoms. The summed E-state index contributed by atoms with van der Waals surface area (Å²) in [6.07, 6.45) is 3.22. The molecule has 0 amide bonds. The molecule has 2 unspecified atom stereocenters. The Kier molecular flexibility index (Phi) is 3.11. The molecule has 3 heterocycles. The number of hydrogen-bond acceptors (Lipinski definition) is 4. The van der Waals surface area contributed by atoms with Crippen molar-refractivity contribution >= 4 is 0 Å². The van der Waals surface area contributed by atoms with E-state index in [-0.39, 0.29) is 6.04 Å². The second-order valence-electron chi connectivity index (χ2n) is 5.96. The van der Waals surface area contributed by atoms with Crippen LogP contribution in [0.5, 0.6) is 0 Å². The third-order valence-electron chi connectivity index (χ3n) is 4.33. The third-order valence-corrected chi connectivity index (χ3v) is 4.33. The molecule has 5 nitrogen and oxygen atoms in total. The van der Waals surface area contributed by atoms with Crippen molar-refractivity contribution in [3.63, 3.8) is 0 Å². The minimum atomic E-state index is 0.273.